The molecule has 0 aromatic carbocycles. The van der Waals surface area contributed by atoms with Crippen molar-refractivity contribution >= 4 is 39.4 Å². The van der Waals surface area contributed by atoms with Crippen molar-refractivity contribution in [3.8, 4) is 0 Å². The van der Waals surface area contributed by atoms with E-state index in [2.05, 4.69) is 14.7 Å². The number of ether oxygens (including phenoxy) is 1. The summed E-state index contributed by atoms with van der Waals surface area (Å²) in [5.74, 6) is -4.99. The number of fused-ring (bicyclic) bond motifs is 1. The molecule has 4 nitrogen and oxygen atoms in total. The van der Waals surface area contributed by atoms with Crippen molar-refractivity contribution in [2.75, 3.05) is 12.9 Å². The molecule has 0 saturated carbocycles. The van der Waals surface area contributed by atoms with Gasteiger partial charge in [-0.25, -0.2) is 9.37 Å². The molecule has 2 aromatic heterocycles. The summed E-state index contributed by atoms with van der Waals surface area (Å²) in [6.45, 7) is 0. The smallest absolute Gasteiger partial charge is 0.316 e. The summed E-state index contributed by atoms with van der Waals surface area (Å²) in [7, 11) is 1.23. The summed E-state index contributed by atoms with van der Waals surface area (Å²) >= 11 is 1.78. The van der Waals surface area contributed by atoms with Crippen LogP contribution in [0.25, 0.3) is 10.3 Å². The molecular weight excluding hydrogens is 289 g/mol. The Hall–Kier alpha value is -1.35. The van der Waals surface area contributed by atoms with Crippen molar-refractivity contribution in [3.63, 3.8) is 0 Å². The summed E-state index contributed by atoms with van der Waals surface area (Å²) in [5.41, 5.74) is -0.219. The first kappa shape index (κ1) is 13.1. The summed E-state index contributed by atoms with van der Waals surface area (Å²) < 4.78 is 43.6. The van der Waals surface area contributed by atoms with Crippen LogP contribution in [0.15, 0.2) is 4.34 Å². The van der Waals surface area contributed by atoms with Gasteiger partial charge in [0.2, 0.25) is 5.82 Å². The molecule has 9 heteroatoms. The van der Waals surface area contributed by atoms with Crippen LogP contribution in [0.1, 0.15) is 0 Å². The van der Waals surface area contributed by atoms with Crippen molar-refractivity contribution in [1.82, 2.24) is 9.97 Å². The topological polar surface area (TPSA) is 52.1 Å². The van der Waals surface area contributed by atoms with Crippen molar-refractivity contribution in [2.45, 2.75) is 4.34 Å². The molecule has 0 N–H and O–H groups in total. The van der Waals surface area contributed by atoms with E-state index in [4.69, 9.17) is 0 Å². The second-order valence-electron chi connectivity index (χ2n) is 3.03. The largest absolute Gasteiger partial charge is 0.468 e. The number of thioether (sulfide) groups is 1. The second-order valence-corrected chi connectivity index (χ2v) is 5.25. The fourth-order valence-electron chi connectivity index (χ4n) is 1.09. The minimum atomic E-state index is -1.63. The Morgan fingerprint density at radius 2 is 2.06 bits per heavy atom. The Morgan fingerprint density at radius 3 is 2.72 bits per heavy atom. The van der Waals surface area contributed by atoms with E-state index in [9.17, 15) is 18.0 Å². The van der Waals surface area contributed by atoms with Gasteiger partial charge < -0.3 is 4.74 Å². The maximum absolute atomic E-state index is 13.4. The normalized spacial score (nSPS) is 10.9. The van der Waals surface area contributed by atoms with Crippen molar-refractivity contribution < 1.29 is 22.7 Å². The molecule has 0 unspecified atom stereocenters. The summed E-state index contributed by atoms with van der Waals surface area (Å²) in [5, 5.41) is 0. The number of hydrogen-bond donors (Lipinski definition) is 0. The number of thiazole rings is 1. The number of carbonyl (C=O) groups is 1. The number of pyridine rings is 1. The van der Waals surface area contributed by atoms with E-state index in [1.165, 1.54) is 7.11 Å². The average molecular weight is 294 g/mol. The van der Waals surface area contributed by atoms with Crippen LogP contribution in [0.5, 0.6) is 0 Å². The Morgan fingerprint density at radius 1 is 1.33 bits per heavy atom. The van der Waals surface area contributed by atoms with Crippen LogP contribution in [0.2, 0.25) is 0 Å². The number of halogens is 3. The molecule has 0 aliphatic carbocycles. The van der Waals surface area contributed by atoms with Crippen LogP contribution < -0.4 is 0 Å². The fourth-order valence-corrected chi connectivity index (χ4v) is 2.93. The highest BCUT2D eigenvalue weighted by Crippen LogP contribution is 2.31. The Bertz CT molecular complexity index is 617. The average Bonchev–Trinajstić information content (AvgIpc) is 2.76. The number of nitrogens with zero attached hydrogens (tertiary/aromatic N) is 2. The number of esters is 1. The van der Waals surface area contributed by atoms with Crippen LogP contribution >= 0.6 is 23.1 Å². The number of hydrogen-bond acceptors (Lipinski definition) is 6. The lowest BCUT2D eigenvalue weighted by atomic mass is 10.4. The lowest BCUT2D eigenvalue weighted by Gasteiger charge is -1.94. The Balaban J connectivity index is 2.33. The molecule has 18 heavy (non-hydrogen) atoms. The van der Waals surface area contributed by atoms with E-state index < -0.39 is 23.6 Å². The SMILES string of the molecule is COC(=O)CSc1nc2nc(F)c(F)c(F)c2s1. The highest BCUT2D eigenvalue weighted by Gasteiger charge is 2.19. The summed E-state index contributed by atoms with van der Waals surface area (Å²) in [4.78, 5) is 17.9. The third-order valence-electron chi connectivity index (χ3n) is 1.91. The van der Waals surface area contributed by atoms with Gasteiger partial charge in [-0.05, 0) is 0 Å². The van der Waals surface area contributed by atoms with Crippen molar-refractivity contribution in [2.24, 2.45) is 0 Å². The van der Waals surface area contributed by atoms with E-state index in [0.717, 1.165) is 23.1 Å². The first-order valence-electron chi connectivity index (χ1n) is 4.53. The van der Waals surface area contributed by atoms with Gasteiger partial charge >= 0.3 is 5.97 Å². The predicted octanol–water partition coefficient (Wildman–Crippen LogP) is 2.37. The van der Waals surface area contributed by atoms with Gasteiger partial charge in [0, 0.05) is 0 Å². The number of methoxy groups -OCH3 is 1. The van der Waals surface area contributed by atoms with E-state index in [0.29, 0.717) is 0 Å². The molecule has 0 atom stereocenters. The van der Waals surface area contributed by atoms with Gasteiger partial charge in [0.15, 0.2) is 15.8 Å². The summed E-state index contributed by atoms with van der Waals surface area (Å²) in [6.07, 6.45) is 0. The molecule has 0 aliphatic rings. The fraction of sp³-hybridized carbons (Fsp3) is 0.222. The third kappa shape index (κ3) is 2.41. The molecule has 96 valence electrons. The third-order valence-corrected chi connectivity index (χ3v) is 4.06. The molecule has 2 heterocycles. The van der Waals surface area contributed by atoms with Gasteiger partial charge in [0.25, 0.3) is 5.95 Å². The van der Waals surface area contributed by atoms with E-state index >= 15 is 0 Å². The van der Waals surface area contributed by atoms with Gasteiger partial charge in [-0.2, -0.15) is 13.8 Å². The minimum Gasteiger partial charge on any atom is -0.468 e. The van der Waals surface area contributed by atoms with Crippen LogP contribution in [0, 0.1) is 17.6 Å². The Labute approximate surface area is 107 Å². The highest BCUT2D eigenvalue weighted by atomic mass is 32.2. The van der Waals surface area contributed by atoms with E-state index in [-0.39, 0.29) is 20.4 Å². The van der Waals surface area contributed by atoms with Gasteiger partial charge in [-0.3, -0.25) is 4.79 Å². The molecular formula is C9H5F3N2O2S2. The lowest BCUT2D eigenvalue weighted by Crippen LogP contribution is -2.02. The Kier molecular flexibility index (Phi) is 3.71. The van der Waals surface area contributed by atoms with Crippen LogP contribution in [0.4, 0.5) is 13.2 Å². The number of aromatic nitrogens is 2. The van der Waals surface area contributed by atoms with E-state index in [1.54, 1.807) is 0 Å². The van der Waals surface area contributed by atoms with Crippen LogP contribution in [0.3, 0.4) is 0 Å². The molecule has 0 saturated heterocycles. The zero-order valence-electron chi connectivity index (χ0n) is 8.87. The first-order valence-corrected chi connectivity index (χ1v) is 6.33. The molecule has 0 radical (unpaired) electrons. The van der Waals surface area contributed by atoms with Crippen LogP contribution in [-0.4, -0.2) is 28.8 Å². The number of carbonyl (C=O) groups excluding carboxylic acids is 1. The van der Waals surface area contributed by atoms with Crippen molar-refractivity contribution in [1.29, 1.82) is 0 Å². The van der Waals surface area contributed by atoms with Crippen molar-refractivity contribution in [3.05, 3.63) is 17.6 Å². The molecule has 0 fully saturated rings. The lowest BCUT2D eigenvalue weighted by molar-refractivity contribution is -0.137. The van der Waals surface area contributed by atoms with E-state index in [1.807, 2.05) is 0 Å². The maximum Gasteiger partial charge on any atom is 0.316 e. The monoisotopic (exact) mass is 294 g/mol. The van der Waals surface area contributed by atoms with Gasteiger partial charge in [-0.1, -0.05) is 11.8 Å². The van der Waals surface area contributed by atoms with Gasteiger partial charge in [0.1, 0.15) is 4.70 Å². The van der Waals surface area contributed by atoms with Crippen LogP contribution in [-0.2, 0) is 9.53 Å². The number of rotatable bonds is 3. The van der Waals surface area contributed by atoms with Gasteiger partial charge in [0.05, 0.1) is 12.9 Å². The molecule has 0 aliphatic heterocycles. The molecule has 0 amide bonds. The highest BCUT2D eigenvalue weighted by molar-refractivity contribution is 8.01. The maximum atomic E-state index is 13.4. The second kappa shape index (κ2) is 5.11. The summed E-state index contributed by atoms with van der Waals surface area (Å²) in [6, 6.07) is 0. The molecule has 2 aromatic rings. The zero-order valence-corrected chi connectivity index (χ0v) is 10.5. The zero-order chi connectivity index (χ0) is 13.3. The minimum absolute atomic E-state index is 0.0249. The van der Waals surface area contributed by atoms with Gasteiger partial charge in [-0.15, -0.1) is 11.3 Å². The molecule has 0 bridgehead atoms. The molecule has 2 rings (SSSR count). The standard InChI is InChI=1S/C9H5F3N2O2S2/c1-16-3(15)2-17-9-14-8-6(18-9)4(10)5(11)7(12)13-8/h2H2,1H3. The quantitative estimate of drug-likeness (QED) is 0.494. The first-order chi connectivity index (χ1) is 8.52. The predicted molar refractivity (Wildman–Crippen MR) is 60.0 cm³/mol. The molecule has 0 spiro atoms.